The lowest BCUT2D eigenvalue weighted by Gasteiger charge is -2.16. The molecule has 0 saturated heterocycles. The number of nitrogens with zero attached hydrogens (tertiary/aromatic N) is 3. The molecule has 9 heteroatoms. The second kappa shape index (κ2) is 11.9. The van der Waals surface area contributed by atoms with Crippen molar-refractivity contribution in [2.45, 2.75) is 25.8 Å². The molecule has 158 valence electrons. The number of carbonyl (C=O) groups is 2. The first kappa shape index (κ1) is 23.4. The molecule has 1 aliphatic heterocycles. The monoisotopic (exact) mass is 473 g/mol. The molecule has 1 aromatic carbocycles. The van der Waals surface area contributed by atoms with E-state index in [4.69, 9.17) is 4.99 Å². The van der Waals surface area contributed by atoms with Crippen LogP contribution >= 0.6 is 15.9 Å². The Balaban J connectivity index is 0.00000101. The molecule has 0 radical (unpaired) electrons. The molecule has 0 saturated carbocycles. The standard InChI is InChI=1S/C19H18BrN5O2.C2H6O/c1-12(27)24-25-19-17(6-4-10-26)22-18(16-5-2-3-9-21-16)14-11-13(20)7-8-15(14)23-19;1-3-2/h2-3,5,7-11,17H,4,6H2,1H3,(H,23,25)(H,24,27);1-2H3/t17-;/m0./s1. The SMILES string of the molecule is CC(=O)NNC1=Nc2ccc(Br)cc2C(c2ccccn2)=N[C@H]1CCC=O.COC. The molecule has 2 aromatic rings. The van der Waals surface area contributed by atoms with Gasteiger partial charge in [-0.1, -0.05) is 22.0 Å². The number of ether oxygens (including phenoxy) is 1. The molecule has 3 rings (SSSR count). The number of rotatable bonds is 4. The maximum absolute atomic E-state index is 11.3. The Morgan fingerprint density at radius 1 is 1.27 bits per heavy atom. The fraction of sp³-hybridized carbons (Fsp3) is 0.286. The molecule has 8 nitrogen and oxygen atoms in total. The van der Waals surface area contributed by atoms with Gasteiger partial charge in [-0.05, 0) is 36.8 Å². The Kier molecular flexibility index (Phi) is 9.30. The van der Waals surface area contributed by atoms with Crippen LogP contribution in [0.25, 0.3) is 0 Å². The number of hydrogen-bond donors (Lipinski definition) is 2. The summed E-state index contributed by atoms with van der Waals surface area (Å²) in [6.45, 7) is 1.40. The molecule has 2 heterocycles. The summed E-state index contributed by atoms with van der Waals surface area (Å²) in [5.74, 6) is 0.225. The average Bonchev–Trinajstić information content (AvgIpc) is 2.88. The molecular formula is C21H24BrN5O3. The second-order valence-corrected chi connectivity index (χ2v) is 7.24. The van der Waals surface area contributed by atoms with Crippen molar-refractivity contribution in [2.24, 2.45) is 9.98 Å². The number of amidine groups is 1. The van der Waals surface area contributed by atoms with Crippen LogP contribution in [-0.2, 0) is 14.3 Å². The maximum atomic E-state index is 11.3. The van der Waals surface area contributed by atoms with Gasteiger partial charge in [0.2, 0.25) is 5.91 Å². The van der Waals surface area contributed by atoms with E-state index in [0.717, 1.165) is 16.3 Å². The highest BCUT2D eigenvalue weighted by Crippen LogP contribution is 2.29. The Morgan fingerprint density at radius 3 is 2.67 bits per heavy atom. The third kappa shape index (κ3) is 6.57. The fourth-order valence-corrected chi connectivity index (χ4v) is 3.04. The number of amides is 1. The molecule has 0 aliphatic carbocycles. The first-order valence-corrected chi connectivity index (χ1v) is 10.0. The number of methoxy groups -OCH3 is 1. The van der Waals surface area contributed by atoms with Crippen LogP contribution in [0.2, 0.25) is 0 Å². The normalized spacial score (nSPS) is 14.7. The van der Waals surface area contributed by atoms with E-state index in [1.807, 2.05) is 36.4 Å². The number of aromatic nitrogens is 1. The summed E-state index contributed by atoms with van der Waals surface area (Å²) >= 11 is 3.50. The van der Waals surface area contributed by atoms with Crippen LogP contribution in [0, 0.1) is 0 Å². The molecule has 1 aromatic heterocycles. The van der Waals surface area contributed by atoms with Crippen molar-refractivity contribution in [3.8, 4) is 0 Å². The van der Waals surface area contributed by atoms with Crippen LogP contribution in [0.15, 0.2) is 57.1 Å². The molecule has 0 fully saturated rings. The summed E-state index contributed by atoms with van der Waals surface area (Å²) in [5.41, 5.74) is 8.30. The molecule has 0 unspecified atom stereocenters. The predicted molar refractivity (Wildman–Crippen MR) is 120 cm³/mol. The van der Waals surface area contributed by atoms with E-state index in [2.05, 4.69) is 41.5 Å². The predicted octanol–water partition coefficient (Wildman–Crippen LogP) is 2.98. The molecule has 1 aliphatic rings. The molecular weight excluding hydrogens is 450 g/mol. The minimum atomic E-state index is -0.426. The lowest BCUT2D eigenvalue weighted by atomic mass is 10.0. The third-order valence-corrected chi connectivity index (χ3v) is 4.38. The highest BCUT2D eigenvalue weighted by Gasteiger charge is 2.24. The Hall–Kier alpha value is -2.91. The number of fused-ring (bicyclic) bond motifs is 1. The van der Waals surface area contributed by atoms with Gasteiger partial charge < -0.3 is 9.53 Å². The summed E-state index contributed by atoms with van der Waals surface area (Å²) in [7, 11) is 3.25. The van der Waals surface area contributed by atoms with Gasteiger partial charge >= 0.3 is 0 Å². The minimum absolute atomic E-state index is 0.249. The van der Waals surface area contributed by atoms with E-state index in [1.54, 1.807) is 20.4 Å². The van der Waals surface area contributed by atoms with Crippen LogP contribution in [0.1, 0.15) is 31.0 Å². The molecule has 2 N–H and O–H groups in total. The van der Waals surface area contributed by atoms with Crippen LogP contribution in [0.5, 0.6) is 0 Å². The lowest BCUT2D eigenvalue weighted by Crippen LogP contribution is -2.45. The largest absolute Gasteiger partial charge is 0.388 e. The van der Waals surface area contributed by atoms with Crippen molar-refractivity contribution in [2.75, 3.05) is 14.2 Å². The number of hydrazine groups is 1. The summed E-state index contributed by atoms with van der Waals surface area (Å²) in [4.78, 5) is 36.2. The van der Waals surface area contributed by atoms with Gasteiger partial charge in [0.05, 0.1) is 17.1 Å². The summed E-state index contributed by atoms with van der Waals surface area (Å²) in [6.07, 6.45) is 3.34. The first-order chi connectivity index (χ1) is 14.5. The first-order valence-electron chi connectivity index (χ1n) is 9.24. The number of benzene rings is 1. The number of aldehydes is 1. The van der Waals surface area contributed by atoms with Gasteiger partial charge in [0.25, 0.3) is 0 Å². The number of carbonyl (C=O) groups excluding carboxylic acids is 2. The molecule has 1 atom stereocenters. The van der Waals surface area contributed by atoms with Crippen LogP contribution in [-0.4, -0.2) is 49.0 Å². The quantitative estimate of drug-likeness (QED) is 0.524. The second-order valence-electron chi connectivity index (χ2n) is 6.33. The van der Waals surface area contributed by atoms with Gasteiger partial charge in [-0.2, -0.15) is 0 Å². The van der Waals surface area contributed by atoms with E-state index in [9.17, 15) is 9.59 Å². The minimum Gasteiger partial charge on any atom is -0.388 e. The molecule has 0 bridgehead atoms. The number of nitrogens with one attached hydrogen (secondary N) is 2. The van der Waals surface area contributed by atoms with Gasteiger partial charge in [-0.25, -0.2) is 4.99 Å². The average molecular weight is 474 g/mol. The Bertz CT molecular complexity index is 931. The number of pyridine rings is 1. The van der Waals surface area contributed by atoms with Crippen LogP contribution in [0.3, 0.4) is 0 Å². The third-order valence-electron chi connectivity index (χ3n) is 3.89. The smallest absolute Gasteiger partial charge is 0.235 e. The van der Waals surface area contributed by atoms with Gasteiger partial charge in [-0.15, -0.1) is 0 Å². The van der Waals surface area contributed by atoms with E-state index < -0.39 is 6.04 Å². The van der Waals surface area contributed by atoms with E-state index >= 15 is 0 Å². The Morgan fingerprint density at radius 2 is 2.03 bits per heavy atom. The van der Waals surface area contributed by atoms with Crippen molar-refractivity contribution in [3.05, 3.63) is 58.3 Å². The zero-order chi connectivity index (χ0) is 21.9. The van der Waals surface area contributed by atoms with Gasteiger partial charge in [-0.3, -0.25) is 25.6 Å². The Labute approximate surface area is 184 Å². The van der Waals surface area contributed by atoms with Crippen molar-refractivity contribution < 1.29 is 14.3 Å². The summed E-state index contributed by atoms with van der Waals surface area (Å²) in [6, 6.07) is 10.9. The molecule has 30 heavy (non-hydrogen) atoms. The number of hydrogen-bond acceptors (Lipinski definition) is 7. The molecule has 1 amide bonds. The highest BCUT2D eigenvalue weighted by atomic mass is 79.9. The zero-order valence-electron chi connectivity index (χ0n) is 17.1. The van der Waals surface area contributed by atoms with Crippen molar-refractivity contribution >= 4 is 45.4 Å². The zero-order valence-corrected chi connectivity index (χ0v) is 18.6. The topological polar surface area (TPSA) is 105 Å². The van der Waals surface area contributed by atoms with Gasteiger partial charge in [0.1, 0.15) is 18.2 Å². The maximum Gasteiger partial charge on any atom is 0.235 e. The van der Waals surface area contributed by atoms with E-state index in [0.29, 0.717) is 35.8 Å². The van der Waals surface area contributed by atoms with Crippen molar-refractivity contribution in [3.63, 3.8) is 0 Å². The van der Waals surface area contributed by atoms with Crippen molar-refractivity contribution in [1.82, 2.24) is 15.8 Å². The summed E-state index contributed by atoms with van der Waals surface area (Å²) in [5, 5.41) is 0. The van der Waals surface area contributed by atoms with Crippen molar-refractivity contribution in [1.29, 1.82) is 0 Å². The summed E-state index contributed by atoms with van der Waals surface area (Å²) < 4.78 is 5.14. The fourth-order valence-electron chi connectivity index (χ4n) is 2.68. The van der Waals surface area contributed by atoms with Gasteiger partial charge in [0.15, 0.2) is 0 Å². The van der Waals surface area contributed by atoms with Crippen LogP contribution in [0.4, 0.5) is 5.69 Å². The van der Waals surface area contributed by atoms with Gasteiger partial charge in [0, 0.05) is 43.8 Å². The number of halogens is 1. The van der Waals surface area contributed by atoms with E-state index in [-0.39, 0.29) is 5.91 Å². The highest BCUT2D eigenvalue weighted by molar-refractivity contribution is 9.10. The van der Waals surface area contributed by atoms with Crippen LogP contribution < -0.4 is 10.9 Å². The molecule has 0 spiro atoms. The van der Waals surface area contributed by atoms with E-state index in [1.165, 1.54) is 6.92 Å². The lowest BCUT2D eigenvalue weighted by molar-refractivity contribution is -0.119. The number of aliphatic imine (C=N–C) groups is 2.